The Balaban J connectivity index is 1.77. The van der Waals surface area contributed by atoms with Crippen LogP contribution in [0, 0.1) is 0 Å². The Morgan fingerprint density at radius 2 is 1.89 bits per heavy atom. The molecule has 0 bridgehead atoms. The molecule has 0 aliphatic carbocycles. The van der Waals surface area contributed by atoms with Crippen LogP contribution < -0.4 is 24.3 Å². The van der Waals surface area contributed by atoms with Crippen LogP contribution in [0.5, 0.6) is 23.0 Å². The van der Waals surface area contributed by atoms with E-state index in [9.17, 15) is 4.79 Å². The molecular formula is C20H22ClNO5. The summed E-state index contributed by atoms with van der Waals surface area (Å²) in [5, 5.41) is 3.31. The molecule has 1 aliphatic rings. The van der Waals surface area contributed by atoms with Crippen LogP contribution in [0.25, 0.3) is 0 Å². The summed E-state index contributed by atoms with van der Waals surface area (Å²) in [4.78, 5) is 12.6. The Morgan fingerprint density at radius 1 is 1.15 bits per heavy atom. The molecule has 0 saturated carbocycles. The highest BCUT2D eigenvalue weighted by atomic mass is 35.5. The summed E-state index contributed by atoms with van der Waals surface area (Å²) < 4.78 is 21.8. The highest BCUT2D eigenvalue weighted by Crippen LogP contribution is 2.40. The first kappa shape index (κ1) is 19.2. The average Bonchev–Trinajstić information content (AvgIpc) is 3.12. The van der Waals surface area contributed by atoms with E-state index >= 15 is 0 Å². The number of ether oxygens (including phenoxy) is 4. The maximum Gasteiger partial charge on any atom is 0.251 e. The highest BCUT2D eigenvalue weighted by molar-refractivity contribution is 6.32. The van der Waals surface area contributed by atoms with Crippen molar-refractivity contribution in [2.75, 3.05) is 20.0 Å². The molecule has 144 valence electrons. The molecule has 0 radical (unpaired) electrons. The van der Waals surface area contributed by atoms with E-state index in [-0.39, 0.29) is 18.7 Å². The van der Waals surface area contributed by atoms with Gasteiger partial charge in [-0.25, -0.2) is 0 Å². The number of amides is 1. The van der Waals surface area contributed by atoms with Gasteiger partial charge in [0.2, 0.25) is 6.79 Å². The topological polar surface area (TPSA) is 66.0 Å². The molecule has 0 spiro atoms. The summed E-state index contributed by atoms with van der Waals surface area (Å²) in [7, 11) is 0. The Bertz CT molecular complexity index is 839. The van der Waals surface area contributed by atoms with Gasteiger partial charge in [-0.15, -0.1) is 0 Å². The lowest BCUT2D eigenvalue weighted by Gasteiger charge is -2.18. The van der Waals surface area contributed by atoms with Gasteiger partial charge in [0.1, 0.15) is 0 Å². The Hall–Kier alpha value is -2.60. The molecule has 7 heteroatoms. The van der Waals surface area contributed by atoms with E-state index < -0.39 is 0 Å². The zero-order valence-corrected chi connectivity index (χ0v) is 16.3. The fraction of sp³-hybridized carbons (Fsp3) is 0.350. The fourth-order valence-corrected chi connectivity index (χ4v) is 3.06. The van der Waals surface area contributed by atoms with Crippen molar-refractivity contribution in [1.29, 1.82) is 0 Å². The van der Waals surface area contributed by atoms with Crippen molar-refractivity contribution >= 4 is 17.5 Å². The van der Waals surface area contributed by atoms with Crippen molar-refractivity contribution in [2.45, 2.75) is 26.8 Å². The van der Waals surface area contributed by atoms with E-state index in [1.165, 1.54) is 0 Å². The zero-order valence-electron chi connectivity index (χ0n) is 15.5. The maximum absolute atomic E-state index is 12.6. The first-order chi connectivity index (χ1) is 13.0. The van der Waals surface area contributed by atoms with Crippen LogP contribution in [-0.4, -0.2) is 25.9 Å². The number of nitrogens with one attached hydrogen (secondary N) is 1. The van der Waals surface area contributed by atoms with Gasteiger partial charge < -0.3 is 24.3 Å². The first-order valence-corrected chi connectivity index (χ1v) is 9.20. The largest absolute Gasteiger partial charge is 0.490 e. The molecule has 0 saturated heterocycles. The molecule has 0 unspecified atom stereocenters. The second-order valence-corrected chi connectivity index (χ2v) is 6.37. The van der Waals surface area contributed by atoms with E-state index in [0.717, 1.165) is 5.56 Å². The summed E-state index contributed by atoms with van der Waals surface area (Å²) in [5.41, 5.74) is 1.31. The Kier molecular flexibility index (Phi) is 5.96. The van der Waals surface area contributed by atoms with E-state index in [0.29, 0.717) is 46.8 Å². The zero-order chi connectivity index (χ0) is 19.4. The molecular weight excluding hydrogens is 370 g/mol. The number of hydrogen-bond acceptors (Lipinski definition) is 5. The molecule has 1 atom stereocenters. The normalized spacial score (nSPS) is 13.2. The SMILES string of the molecule is CCOc1ccc([C@@H](C)NC(=O)c2cc(Cl)c3c(c2)OCO3)cc1OCC. The predicted octanol–water partition coefficient (Wildman–Crippen LogP) is 4.36. The number of carbonyl (C=O) groups excluding carboxylic acids is 1. The lowest BCUT2D eigenvalue weighted by molar-refractivity contribution is 0.0939. The lowest BCUT2D eigenvalue weighted by atomic mass is 10.1. The van der Waals surface area contributed by atoms with E-state index in [1.54, 1.807) is 12.1 Å². The molecule has 0 aromatic heterocycles. The van der Waals surface area contributed by atoms with Gasteiger partial charge in [0, 0.05) is 5.56 Å². The standard InChI is InChI=1S/C20H22ClNO5/c1-4-24-16-7-6-13(9-17(16)25-5-2)12(3)22-20(23)14-8-15(21)19-18(10-14)26-11-27-19/h6-10,12H,4-5,11H2,1-3H3,(H,22,23)/t12-/m1/s1. The van der Waals surface area contributed by atoms with E-state index in [2.05, 4.69) is 5.32 Å². The van der Waals surface area contributed by atoms with Crippen molar-refractivity contribution in [3.05, 3.63) is 46.5 Å². The third-order valence-electron chi connectivity index (χ3n) is 4.10. The minimum atomic E-state index is -0.255. The van der Waals surface area contributed by atoms with Crippen LogP contribution in [0.15, 0.2) is 30.3 Å². The molecule has 1 aliphatic heterocycles. The molecule has 1 N–H and O–H groups in total. The molecule has 27 heavy (non-hydrogen) atoms. The van der Waals surface area contributed by atoms with E-state index in [1.807, 2.05) is 39.0 Å². The van der Waals surface area contributed by atoms with E-state index in [4.69, 9.17) is 30.5 Å². The van der Waals surface area contributed by atoms with Crippen LogP contribution >= 0.6 is 11.6 Å². The number of benzene rings is 2. The van der Waals surface area contributed by atoms with Gasteiger partial charge in [-0.2, -0.15) is 0 Å². The molecule has 0 fully saturated rings. The second-order valence-electron chi connectivity index (χ2n) is 5.96. The van der Waals surface area contributed by atoms with Crippen molar-refractivity contribution in [1.82, 2.24) is 5.32 Å². The quantitative estimate of drug-likeness (QED) is 0.759. The summed E-state index contributed by atoms with van der Waals surface area (Å²) in [5.74, 6) is 2.02. The van der Waals surface area contributed by atoms with Crippen LogP contribution in [0.2, 0.25) is 5.02 Å². The highest BCUT2D eigenvalue weighted by Gasteiger charge is 2.22. The van der Waals surface area contributed by atoms with Crippen LogP contribution in [0.4, 0.5) is 0 Å². The number of halogens is 1. The van der Waals surface area contributed by atoms with Crippen LogP contribution in [-0.2, 0) is 0 Å². The minimum absolute atomic E-state index is 0.100. The summed E-state index contributed by atoms with van der Waals surface area (Å²) in [6.07, 6.45) is 0. The Morgan fingerprint density at radius 3 is 2.63 bits per heavy atom. The fourth-order valence-electron chi connectivity index (χ4n) is 2.80. The number of carbonyl (C=O) groups is 1. The molecule has 6 nitrogen and oxygen atoms in total. The lowest BCUT2D eigenvalue weighted by Crippen LogP contribution is -2.26. The second kappa shape index (κ2) is 8.39. The average molecular weight is 392 g/mol. The molecule has 1 heterocycles. The van der Waals surface area contributed by atoms with Gasteiger partial charge in [0.05, 0.1) is 24.3 Å². The monoisotopic (exact) mass is 391 g/mol. The third-order valence-corrected chi connectivity index (χ3v) is 4.39. The van der Waals surface area contributed by atoms with Crippen LogP contribution in [0.3, 0.4) is 0 Å². The summed E-state index contributed by atoms with van der Waals surface area (Å²) in [6.45, 7) is 6.91. The summed E-state index contributed by atoms with van der Waals surface area (Å²) >= 11 is 6.16. The Labute approximate surface area is 163 Å². The third kappa shape index (κ3) is 4.22. The van der Waals surface area contributed by atoms with Crippen molar-refractivity contribution < 1.29 is 23.7 Å². The maximum atomic E-state index is 12.6. The van der Waals surface area contributed by atoms with Crippen molar-refractivity contribution in [3.8, 4) is 23.0 Å². The van der Waals surface area contributed by atoms with Gasteiger partial charge in [0.15, 0.2) is 23.0 Å². The molecule has 2 aromatic carbocycles. The van der Waals surface area contributed by atoms with Crippen molar-refractivity contribution in [2.24, 2.45) is 0 Å². The predicted molar refractivity (Wildman–Crippen MR) is 102 cm³/mol. The molecule has 2 aromatic rings. The van der Waals surface area contributed by atoms with Gasteiger partial charge in [-0.1, -0.05) is 17.7 Å². The summed E-state index contributed by atoms with van der Waals surface area (Å²) in [6, 6.07) is 8.60. The number of fused-ring (bicyclic) bond motifs is 1. The van der Waals surface area contributed by atoms with Gasteiger partial charge in [-0.05, 0) is 50.6 Å². The van der Waals surface area contributed by atoms with Gasteiger partial charge >= 0.3 is 0 Å². The van der Waals surface area contributed by atoms with Crippen molar-refractivity contribution in [3.63, 3.8) is 0 Å². The van der Waals surface area contributed by atoms with Crippen LogP contribution in [0.1, 0.15) is 42.7 Å². The number of hydrogen-bond donors (Lipinski definition) is 1. The molecule has 1 amide bonds. The first-order valence-electron chi connectivity index (χ1n) is 8.83. The number of rotatable bonds is 7. The molecule has 3 rings (SSSR count). The van der Waals surface area contributed by atoms with Gasteiger partial charge in [-0.3, -0.25) is 4.79 Å². The smallest absolute Gasteiger partial charge is 0.251 e. The minimum Gasteiger partial charge on any atom is -0.490 e. The van der Waals surface area contributed by atoms with Gasteiger partial charge in [0.25, 0.3) is 5.91 Å².